The maximum atomic E-state index is 12.3. The van der Waals surface area contributed by atoms with Crippen LogP contribution in [0.4, 0.5) is 5.13 Å². The summed E-state index contributed by atoms with van der Waals surface area (Å²) >= 11 is 1.29. The summed E-state index contributed by atoms with van der Waals surface area (Å²) in [5.41, 5.74) is 7.65. The van der Waals surface area contributed by atoms with Gasteiger partial charge in [-0.2, -0.15) is 0 Å². The van der Waals surface area contributed by atoms with Crippen molar-refractivity contribution in [2.75, 3.05) is 12.8 Å². The second-order valence-electron chi connectivity index (χ2n) is 5.85. The van der Waals surface area contributed by atoms with Crippen LogP contribution in [0.3, 0.4) is 0 Å². The number of nitrogens with two attached hydrogens (primary N) is 1. The van der Waals surface area contributed by atoms with Gasteiger partial charge in [-0.15, -0.1) is 0 Å². The number of carbonyl (C=O) groups excluding carboxylic acids is 2. The molecule has 8 heteroatoms. The zero-order valence-electron chi connectivity index (χ0n) is 14.9. The van der Waals surface area contributed by atoms with E-state index in [4.69, 9.17) is 15.2 Å². The second-order valence-corrected chi connectivity index (χ2v) is 6.91. The Morgan fingerprint density at radius 1 is 1.22 bits per heavy atom. The van der Waals surface area contributed by atoms with Gasteiger partial charge in [0.2, 0.25) is 0 Å². The fourth-order valence-corrected chi connectivity index (χ4v) is 3.20. The second kappa shape index (κ2) is 8.05. The standard InChI is InChI=1S/C19H19N3O4S/c1-11(17(23)21-10-12-3-6-14(25-2)7-4-12)26-18(24)13-5-8-15-16(9-13)27-19(20)22-15/h3-9,11H,10H2,1-2H3,(H2,20,22)(H,21,23)/t11-/m1/s1. The van der Waals surface area contributed by atoms with Crippen LogP contribution in [0.5, 0.6) is 5.75 Å². The SMILES string of the molecule is COc1ccc(CNC(=O)[C@@H](C)OC(=O)c2ccc3nc(N)sc3c2)cc1. The molecule has 0 bridgehead atoms. The first kappa shape index (κ1) is 18.7. The van der Waals surface area contributed by atoms with Gasteiger partial charge in [-0.25, -0.2) is 9.78 Å². The van der Waals surface area contributed by atoms with Crippen molar-refractivity contribution in [1.29, 1.82) is 0 Å². The van der Waals surface area contributed by atoms with Crippen LogP contribution in [-0.2, 0) is 16.1 Å². The van der Waals surface area contributed by atoms with Crippen LogP contribution in [0.2, 0.25) is 0 Å². The quantitative estimate of drug-likeness (QED) is 0.633. The minimum absolute atomic E-state index is 0.330. The number of esters is 1. The maximum absolute atomic E-state index is 12.3. The van der Waals surface area contributed by atoms with Crippen LogP contribution in [-0.4, -0.2) is 30.1 Å². The molecule has 1 aromatic heterocycles. The number of fused-ring (bicyclic) bond motifs is 1. The number of anilines is 1. The highest BCUT2D eigenvalue weighted by molar-refractivity contribution is 7.22. The highest BCUT2D eigenvalue weighted by atomic mass is 32.1. The first-order valence-corrected chi connectivity index (χ1v) is 9.05. The zero-order valence-corrected chi connectivity index (χ0v) is 15.7. The van der Waals surface area contributed by atoms with E-state index in [9.17, 15) is 9.59 Å². The minimum atomic E-state index is -0.919. The van der Waals surface area contributed by atoms with Gasteiger partial charge >= 0.3 is 5.97 Å². The molecule has 0 radical (unpaired) electrons. The monoisotopic (exact) mass is 385 g/mol. The Kier molecular flexibility index (Phi) is 5.56. The van der Waals surface area contributed by atoms with Crippen molar-refractivity contribution in [3.05, 3.63) is 53.6 Å². The van der Waals surface area contributed by atoms with E-state index in [0.29, 0.717) is 17.2 Å². The number of ether oxygens (including phenoxy) is 2. The van der Waals surface area contributed by atoms with Crippen molar-refractivity contribution in [3.8, 4) is 5.75 Å². The van der Waals surface area contributed by atoms with Gasteiger partial charge in [0.25, 0.3) is 5.91 Å². The van der Waals surface area contributed by atoms with Crippen molar-refractivity contribution >= 4 is 38.6 Å². The summed E-state index contributed by atoms with van der Waals surface area (Å²) < 4.78 is 11.1. The van der Waals surface area contributed by atoms with Gasteiger partial charge in [-0.1, -0.05) is 23.5 Å². The third-order valence-electron chi connectivity index (χ3n) is 3.92. The number of hydrogen-bond acceptors (Lipinski definition) is 7. The van der Waals surface area contributed by atoms with Crippen LogP contribution in [0, 0.1) is 0 Å². The molecular formula is C19H19N3O4S. The molecule has 140 valence electrons. The van der Waals surface area contributed by atoms with E-state index in [1.807, 2.05) is 24.3 Å². The lowest BCUT2D eigenvalue weighted by atomic mass is 10.2. The van der Waals surface area contributed by atoms with Gasteiger partial charge in [0, 0.05) is 6.54 Å². The van der Waals surface area contributed by atoms with Crippen LogP contribution in [0.25, 0.3) is 10.2 Å². The number of aromatic nitrogens is 1. The molecule has 3 N–H and O–H groups in total. The molecule has 0 aliphatic rings. The molecule has 1 amide bonds. The van der Waals surface area contributed by atoms with E-state index in [1.54, 1.807) is 25.3 Å². The van der Waals surface area contributed by atoms with Crippen LogP contribution in [0.1, 0.15) is 22.8 Å². The minimum Gasteiger partial charge on any atom is -0.497 e. The van der Waals surface area contributed by atoms with E-state index < -0.39 is 12.1 Å². The largest absolute Gasteiger partial charge is 0.497 e. The van der Waals surface area contributed by atoms with E-state index in [-0.39, 0.29) is 5.91 Å². The number of hydrogen-bond donors (Lipinski definition) is 2. The van der Waals surface area contributed by atoms with Crippen molar-refractivity contribution < 1.29 is 19.1 Å². The molecule has 0 aliphatic heterocycles. The summed E-state index contributed by atoms with van der Waals surface area (Å²) in [7, 11) is 1.59. The van der Waals surface area contributed by atoms with Crippen molar-refractivity contribution in [3.63, 3.8) is 0 Å². The number of thiazole rings is 1. The Bertz CT molecular complexity index is 969. The van der Waals surface area contributed by atoms with Gasteiger partial charge in [0.1, 0.15) is 5.75 Å². The number of benzene rings is 2. The lowest BCUT2D eigenvalue weighted by Gasteiger charge is -2.13. The highest BCUT2D eigenvalue weighted by Gasteiger charge is 2.19. The normalized spacial score (nSPS) is 11.8. The molecule has 27 heavy (non-hydrogen) atoms. The topological polar surface area (TPSA) is 104 Å². The Balaban J connectivity index is 1.56. The molecule has 0 fully saturated rings. The number of carbonyl (C=O) groups is 2. The molecule has 1 heterocycles. The van der Waals surface area contributed by atoms with Crippen LogP contribution in [0.15, 0.2) is 42.5 Å². The molecule has 0 spiro atoms. The summed E-state index contributed by atoms with van der Waals surface area (Å²) in [5.74, 6) is -0.203. The van der Waals surface area contributed by atoms with Gasteiger partial charge in [0.15, 0.2) is 11.2 Å². The fourth-order valence-electron chi connectivity index (χ4n) is 2.43. The smallest absolute Gasteiger partial charge is 0.338 e. The zero-order chi connectivity index (χ0) is 19.4. The summed E-state index contributed by atoms with van der Waals surface area (Å²) in [4.78, 5) is 28.6. The predicted octanol–water partition coefficient (Wildman–Crippen LogP) is 2.75. The average molecular weight is 385 g/mol. The van der Waals surface area contributed by atoms with Gasteiger partial charge in [-0.05, 0) is 42.8 Å². The van der Waals surface area contributed by atoms with E-state index >= 15 is 0 Å². The van der Waals surface area contributed by atoms with E-state index in [0.717, 1.165) is 21.5 Å². The summed E-state index contributed by atoms with van der Waals surface area (Å²) in [6, 6.07) is 12.3. The number of methoxy groups -OCH3 is 1. The molecule has 2 aromatic carbocycles. The Labute approximate surface area is 160 Å². The fraction of sp³-hybridized carbons (Fsp3) is 0.211. The Hall–Kier alpha value is -3.13. The lowest BCUT2D eigenvalue weighted by molar-refractivity contribution is -0.129. The van der Waals surface area contributed by atoms with Crippen LogP contribution < -0.4 is 15.8 Å². The predicted molar refractivity (Wildman–Crippen MR) is 104 cm³/mol. The number of nitrogens with zero attached hydrogens (tertiary/aromatic N) is 1. The maximum Gasteiger partial charge on any atom is 0.338 e. The van der Waals surface area contributed by atoms with Gasteiger partial charge < -0.3 is 20.5 Å². The molecule has 7 nitrogen and oxygen atoms in total. The van der Waals surface area contributed by atoms with Crippen LogP contribution >= 0.6 is 11.3 Å². The third kappa shape index (κ3) is 4.53. The van der Waals surface area contributed by atoms with E-state index in [2.05, 4.69) is 10.3 Å². The first-order chi connectivity index (χ1) is 13.0. The molecule has 0 saturated carbocycles. The molecule has 0 unspecified atom stereocenters. The first-order valence-electron chi connectivity index (χ1n) is 8.24. The third-order valence-corrected chi connectivity index (χ3v) is 4.77. The van der Waals surface area contributed by atoms with Crippen molar-refractivity contribution in [2.45, 2.75) is 19.6 Å². The van der Waals surface area contributed by atoms with Gasteiger partial charge in [0.05, 0.1) is 22.9 Å². The number of amides is 1. The summed E-state index contributed by atoms with van der Waals surface area (Å²) in [6.45, 7) is 1.86. The average Bonchev–Trinajstić information content (AvgIpc) is 3.05. The molecule has 1 atom stereocenters. The lowest BCUT2D eigenvalue weighted by Crippen LogP contribution is -2.35. The van der Waals surface area contributed by atoms with E-state index in [1.165, 1.54) is 18.3 Å². The molecule has 0 saturated heterocycles. The summed E-state index contributed by atoms with van der Waals surface area (Å²) in [5, 5.41) is 3.18. The van der Waals surface area contributed by atoms with Crippen molar-refractivity contribution in [1.82, 2.24) is 10.3 Å². The molecule has 3 rings (SSSR count). The number of rotatable bonds is 6. The van der Waals surface area contributed by atoms with Crippen molar-refractivity contribution in [2.24, 2.45) is 0 Å². The number of nitrogen functional groups attached to an aromatic ring is 1. The Morgan fingerprint density at radius 3 is 2.67 bits per heavy atom. The molecular weight excluding hydrogens is 366 g/mol. The number of nitrogens with one attached hydrogen (secondary N) is 1. The summed E-state index contributed by atoms with van der Waals surface area (Å²) in [6.07, 6.45) is -0.919. The Morgan fingerprint density at radius 2 is 1.96 bits per heavy atom. The molecule has 0 aliphatic carbocycles. The molecule has 3 aromatic rings. The highest BCUT2D eigenvalue weighted by Crippen LogP contribution is 2.25. The van der Waals surface area contributed by atoms with Gasteiger partial charge in [-0.3, -0.25) is 4.79 Å².